The first kappa shape index (κ1) is 63.9. The second-order valence-corrected chi connectivity index (χ2v) is 24.2. The van der Waals surface area contributed by atoms with Gasteiger partial charge < -0.3 is 50.2 Å². The number of phenolic OH excluding ortho intramolecular Hbond substituents is 1. The minimum absolute atomic E-state index is 0.0397. The van der Waals surface area contributed by atoms with Gasteiger partial charge in [-0.05, 0) is 74.1 Å². The van der Waals surface area contributed by atoms with E-state index in [1.54, 1.807) is 77.3 Å². The minimum Gasteiger partial charge on any atom is -0.507 e. The van der Waals surface area contributed by atoms with Gasteiger partial charge in [0, 0.05) is 47.7 Å². The average molecular weight is 1240 g/mol. The van der Waals surface area contributed by atoms with E-state index in [2.05, 4.69) is 81.3 Å². The Morgan fingerprint density at radius 2 is 1.52 bits per heavy atom. The van der Waals surface area contributed by atoms with Crippen LogP contribution in [0.5, 0.6) is 11.5 Å². The van der Waals surface area contributed by atoms with E-state index in [0.717, 1.165) is 40.0 Å². The maximum atomic E-state index is 14.4. The number of carbonyl (C=O) groups is 4. The number of hydrogen-bond acceptors (Lipinski definition) is 21. The second kappa shape index (κ2) is 28.4. The summed E-state index contributed by atoms with van der Waals surface area (Å²) in [7, 11) is -1.29. The number of carbonyl (C=O) groups excluding carboxylic acids is 4. The largest absolute Gasteiger partial charge is 0.507 e. The summed E-state index contributed by atoms with van der Waals surface area (Å²) in [6.07, 6.45) is 4.01. The van der Waals surface area contributed by atoms with Crippen molar-refractivity contribution in [2.24, 2.45) is 17.2 Å². The van der Waals surface area contributed by atoms with Crippen LogP contribution in [0.3, 0.4) is 0 Å². The standard InChI is InChI=1S/C50H51BN8O7S.C9H14N4O5S2/c1-51(64)54-28-27-52-49(63)55-41-31-58(57(2)45(41)56-50(37-16-7-4-8-17-37,38-18-9-5-10-19-38)39-20-11-6-12-21-39)30-36-33-67-47-43(53-29-35-15-13-14-22-42(35)60)46(61)59(47)44(36)48(62)66-32-34-23-25-40(65-3)26-24-34;1-9(2,3)18-12-5(6-11-8(10)19-13-6)7(14)17-20(4,15)16/h4-26,29,31,43,47,54,64H,27-28,30,32-33H2,1-3H3,(H3,52,53,55,60,63);1-4H3,(H2,10,11,13)/p+1/b;12-5-/t43-,47-;/m1./s1. The van der Waals surface area contributed by atoms with E-state index < -0.39 is 63.4 Å². The van der Waals surface area contributed by atoms with Gasteiger partial charge in [-0.3, -0.25) is 20.0 Å². The van der Waals surface area contributed by atoms with Crippen LogP contribution in [0.1, 0.15) is 54.4 Å². The number of urea groups is 1. The van der Waals surface area contributed by atoms with Gasteiger partial charge in [0.1, 0.15) is 40.3 Å². The number of aliphatic imine (C=N–C) groups is 1. The van der Waals surface area contributed by atoms with Crippen LogP contribution in [0.2, 0.25) is 6.82 Å². The molecule has 2 aliphatic rings. The number of thioether (sulfide) groups is 1. The Bertz CT molecular complexity index is 3670. The Morgan fingerprint density at radius 3 is 2.07 bits per heavy atom. The molecule has 0 bridgehead atoms. The molecule has 2 aromatic heterocycles. The van der Waals surface area contributed by atoms with Gasteiger partial charge in [0.05, 0.1) is 20.4 Å². The van der Waals surface area contributed by atoms with Crippen molar-refractivity contribution in [1.29, 1.82) is 0 Å². The summed E-state index contributed by atoms with van der Waals surface area (Å²) in [4.78, 5) is 68.8. The van der Waals surface area contributed by atoms with E-state index in [-0.39, 0.29) is 48.0 Å². The number of para-hydroxylation sites is 1. The number of nitrogen functional groups attached to an aromatic ring is 1. The summed E-state index contributed by atoms with van der Waals surface area (Å²) >= 11 is 2.31. The van der Waals surface area contributed by atoms with Crippen LogP contribution in [0, 0.1) is 0 Å². The number of aromatic nitrogens is 4. The third-order valence-electron chi connectivity index (χ3n) is 13.2. The Morgan fingerprint density at radius 1 is 0.908 bits per heavy atom. The number of nitrogens with zero attached hydrogens (tertiary/aromatic N) is 7. The number of esters is 1. The van der Waals surface area contributed by atoms with Gasteiger partial charge in [-0.25, -0.2) is 14.4 Å². The molecule has 7 aromatic rings. The summed E-state index contributed by atoms with van der Waals surface area (Å²) < 4.78 is 45.0. The molecular formula is C59H66BN12O12S3+. The lowest BCUT2D eigenvalue weighted by atomic mass is 9.77. The molecule has 3 amide bonds. The third kappa shape index (κ3) is 16.3. The molecule has 9 rings (SSSR count). The number of nitrogens with one attached hydrogen (secondary N) is 4. The predicted octanol–water partition coefficient (Wildman–Crippen LogP) is 5.79. The van der Waals surface area contributed by atoms with Crippen LogP contribution in [-0.4, -0.2) is 130 Å². The number of anilines is 3. The van der Waals surface area contributed by atoms with Crippen molar-refractivity contribution in [1.82, 2.24) is 29.5 Å². The average Bonchev–Trinajstić information content (AvgIpc) is 2.50. The molecule has 0 saturated carbocycles. The lowest BCUT2D eigenvalue weighted by Gasteiger charge is -2.47. The highest BCUT2D eigenvalue weighted by atomic mass is 32.2. The number of oxime groups is 1. The van der Waals surface area contributed by atoms with Crippen LogP contribution in [0.15, 0.2) is 167 Å². The maximum absolute atomic E-state index is 14.4. The number of hydrogen-bond donors (Lipinski definition) is 7. The number of nitrogens with two attached hydrogens (primary N) is 1. The molecule has 0 spiro atoms. The molecule has 28 heteroatoms. The van der Waals surface area contributed by atoms with E-state index in [1.165, 1.54) is 22.9 Å². The molecule has 8 N–H and O–H groups in total. The molecule has 1 saturated heterocycles. The van der Waals surface area contributed by atoms with Crippen LogP contribution < -0.4 is 36.3 Å². The number of fused-ring (bicyclic) bond motifs is 1. The number of benzene rings is 5. The van der Waals surface area contributed by atoms with Gasteiger partial charge in [0.25, 0.3) is 5.91 Å². The van der Waals surface area contributed by atoms with Crippen molar-refractivity contribution in [3.63, 3.8) is 0 Å². The second-order valence-electron chi connectivity index (χ2n) is 20.7. The number of aromatic hydroxyl groups is 1. The van der Waals surface area contributed by atoms with Crippen molar-refractivity contribution in [3.05, 3.63) is 191 Å². The van der Waals surface area contributed by atoms with Crippen LogP contribution in [-0.2, 0) is 64.0 Å². The summed E-state index contributed by atoms with van der Waals surface area (Å²) in [6.45, 7) is 7.35. The Labute approximate surface area is 511 Å². The smallest absolute Gasteiger partial charge is 0.379 e. The van der Waals surface area contributed by atoms with Crippen LogP contribution in [0.4, 0.5) is 21.4 Å². The molecule has 87 heavy (non-hydrogen) atoms. The maximum Gasteiger partial charge on any atom is 0.379 e. The number of rotatable bonds is 22. The molecule has 0 unspecified atom stereocenters. The predicted molar refractivity (Wildman–Crippen MR) is 332 cm³/mol. The third-order valence-corrected chi connectivity index (χ3v) is 15.5. The van der Waals surface area contributed by atoms with Crippen molar-refractivity contribution >= 4 is 92.9 Å². The fourth-order valence-corrected chi connectivity index (χ4v) is 11.2. The van der Waals surface area contributed by atoms with Crippen LogP contribution >= 0.6 is 23.3 Å². The van der Waals surface area contributed by atoms with Crippen molar-refractivity contribution < 1.29 is 60.9 Å². The fraction of sp³-hybridized carbons (Fsp3) is 0.271. The van der Waals surface area contributed by atoms with E-state index >= 15 is 0 Å². The minimum atomic E-state index is -3.99. The lowest BCUT2D eigenvalue weighted by Crippen LogP contribution is -2.64. The number of β-lactam (4-membered cyclic amide) rings is 1. The van der Waals surface area contributed by atoms with Crippen LogP contribution in [0.25, 0.3) is 0 Å². The van der Waals surface area contributed by atoms with Crippen molar-refractivity contribution in [3.8, 4) is 11.5 Å². The molecular weight excluding hydrogens is 1180 g/mol. The van der Waals surface area contributed by atoms with Gasteiger partial charge in [0.2, 0.25) is 17.7 Å². The van der Waals surface area contributed by atoms with Gasteiger partial charge in [-0.15, -0.1) is 21.1 Å². The normalized spacial score (nSPS) is 15.1. The molecule has 0 radical (unpaired) electrons. The van der Waals surface area contributed by atoms with Gasteiger partial charge in [-0.1, -0.05) is 120 Å². The zero-order valence-electron chi connectivity index (χ0n) is 48.6. The van der Waals surface area contributed by atoms with E-state index in [0.29, 0.717) is 40.7 Å². The highest BCUT2D eigenvalue weighted by Crippen LogP contribution is 2.44. The zero-order chi connectivity index (χ0) is 62.5. The molecule has 0 aliphatic carbocycles. The first-order valence-corrected chi connectivity index (χ1v) is 30.8. The first-order chi connectivity index (χ1) is 41.5. The summed E-state index contributed by atoms with van der Waals surface area (Å²) in [5.41, 5.74) is 8.46. The molecule has 4 heterocycles. The Hall–Kier alpha value is -9.09. The molecule has 1 fully saturated rings. The van der Waals surface area contributed by atoms with Crippen molar-refractivity contribution in [2.75, 3.05) is 48.6 Å². The van der Waals surface area contributed by atoms with Gasteiger partial charge in [-0.2, -0.15) is 17.8 Å². The Balaban J connectivity index is 0.000000418. The topological polar surface area (TPSA) is 316 Å². The summed E-state index contributed by atoms with van der Waals surface area (Å²) in [5, 5.41) is 36.0. The number of amides is 3. The monoisotopic (exact) mass is 1240 g/mol. The molecule has 2 atom stereocenters. The van der Waals surface area contributed by atoms with Gasteiger partial charge >= 0.3 is 35.1 Å². The molecule has 24 nitrogen and oxygen atoms in total. The molecule has 5 aromatic carbocycles. The number of phenols is 1. The van der Waals surface area contributed by atoms with E-state index in [9.17, 15) is 37.7 Å². The SMILES string of the molecule is CC(C)(C)O/N=C(\C(=O)OS(C)(=O)=O)c1nsc(N)n1.COc1ccc(COC(=O)C2=C(C[n+]3cc(NC(=O)NCCNB(C)O)c(NC(c4ccccc4)(c4ccccc4)c4ccccc4)n3C)CS[C@@H]3[C@H](N=Cc4ccccc4O)C(=O)N23)cc1. The van der Waals surface area contributed by atoms with Gasteiger partial charge in [0.15, 0.2) is 29.2 Å². The first-order valence-electron chi connectivity index (χ1n) is 27.1. The molecule has 454 valence electrons. The van der Waals surface area contributed by atoms with Crippen molar-refractivity contribution in [2.45, 2.75) is 63.3 Å². The quantitative estimate of drug-likeness (QED) is 0.00486. The Kier molecular flexibility index (Phi) is 20.9. The number of methoxy groups -OCH3 is 1. The summed E-state index contributed by atoms with van der Waals surface area (Å²) in [5.74, 6) is -0.849. The highest BCUT2D eigenvalue weighted by molar-refractivity contribution is 8.00. The number of ether oxygens (including phenoxy) is 2. The lowest BCUT2D eigenvalue weighted by molar-refractivity contribution is -0.765. The van der Waals surface area contributed by atoms with E-state index in [1.807, 2.05) is 83.1 Å². The fourth-order valence-electron chi connectivity index (χ4n) is 9.10. The van der Waals surface area contributed by atoms with E-state index in [4.69, 9.17) is 20.0 Å². The zero-order valence-corrected chi connectivity index (χ0v) is 51.1. The molecule has 2 aliphatic heterocycles. The highest BCUT2D eigenvalue weighted by Gasteiger charge is 2.54. The summed E-state index contributed by atoms with van der Waals surface area (Å²) in [6, 6.07) is 42.9.